The second-order valence-corrected chi connectivity index (χ2v) is 9.02. The summed E-state index contributed by atoms with van der Waals surface area (Å²) < 4.78 is 34.6. The molecular weight excluding hydrogens is 404 g/mol. The maximum atomic E-state index is 13.0. The third kappa shape index (κ3) is 3.89. The molecule has 0 radical (unpaired) electrons. The number of nitrogens with one attached hydrogen (secondary N) is 2. The smallest absolute Gasteiger partial charge is 0.248 e. The van der Waals surface area contributed by atoms with Gasteiger partial charge in [-0.05, 0) is 45.8 Å². The lowest BCUT2D eigenvalue weighted by Crippen LogP contribution is -2.45. The summed E-state index contributed by atoms with van der Waals surface area (Å²) in [6.07, 6.45) is 1.23. The van der Waals surface area contributed by atoms with E-state index < -0.39 is 15.9 Å². The van der Waals surface area contributed by atoms with Crippen LogP contribution in [0.4, 0.5) is 0 Å². The molecule has 12 heteroatoms. The van der Waals surface area contributed by atoms with Crippen LogP contribution in [0.3, 0.4) is 0 Å². The standard InChI is InChI=1S/C16H24N6O4S2/c1-4-22-13(18-19-16(22)27)8-17-15(23)12-6-5-7-21(9-12)28(24,25)14-10(2)20-26-11(14)3/h12H,4-9H2,1-3H3,(H,17,23)(H,19,27). The maximum absolute atomic E-state index is 13.0. The fraction of sp³-hybridized carbons (Fsp3) is 0.625. The van der Waals surface area contributed by atoms with Gasteiger partial charge in [-0.25, -0.2) is 8.42 Å². The molecule has 3 heterocycles. The lowest BCUT2D eigenvalue weighted by Gasteiger charge is -2.31. The van der Waals surface area contributed by atoms with Gasteiger partial charge in [0.05, 0.1) is 12.5 Å². The van der Waals surface area contributed by atoms with Gasteiger partial charge in [-0.1, -0.05) is 5.16 Å². The van der Waals surface area contributed by atoms with Crippen molar-refractivity contribution in [2.24, 2.45) is 5.92 Å². The van der Waals surface area contributed by atoms with Gasteiger partial charge >= 0.3 is 0 Å². The van der Waals surface area contributed by atoms with E-state index in [-0.39, 0.29) is 29.7 Å². The van der Waals surface area contributed by atoms with Gasteiger partial charge in [-0.2, -0.15) is 9.40 Å². The SMILES string of the molecule is CCn1c(CNC(=O)C2CCCN(S(=O)(=O)c3c(C)noc3C)C2)n[nH]c1=S. The van der Waals surface area contributed by atoms with E-state index in [1.807, 2.05) is 6.92 Å². The van der Waals surface area contributed by atoms with Gasteiger partial charge in [0.25, 0.3) is 0 Å². The number of H-pyrrole nitrogens is 1. The molecular formula is C16H24N6O4S2. The van der Waals surface area contributed by atoms with Crippen LogP contribution in [0.5, 0.6) is 0 Å². The van der Waals surface area contributed by atoms with Crippen LogP contribution >= 0.6 is 12.2 Å². The van der Waals surface area contributed by atoms with Crippen LogP contribution in [0.15, 0.2) is 9.42 Å². The number of aryl methyl sites for hydroxylation is 2. The fourth-order valence-corrected chi connectivity index (χ4v) is 5.56. The highest BCUT2D eigenvalue weighted by molar-refractivity contribution is 7.89. The van der Waals surface area contributed by atoms with Crippen molar-refractivity contribution >= 4 is 28.1 Å². The molecule has 2 aromatic heterocycles. The molecule has 154 valence electrons. The average molecular weight is 429 g/mol. The van der Waals surface area contributed by atoms with Crippen molar-refractivity contribution in [1.29, 1.82) is 0 Å². The van der Waals surface area contributed by atoms with Gasteiger partial charge in [0.1, 0.15) is 10.6 Å². The van der Waals surface area contributed by atoms with Crippen molar-refractivity contribution in [1.82, 2.24) is 29.5 Å². The van der Waals surface area contributed by atoms with Gasteiger partial charge in [0.15, 0.2) is 16.4 Å². The summed E-state index contributed by atoms with van der Waals surface area (Å²) in [5.41, 5.74) is 0.325. The lowest BCUT2D eigenvalue weighted by atomic mass is 9.99. The van der Waals surface area contributed by atoms with E-state index in [1.54, 1.807) is 18.4 Å². The maximum Gasteiger partial charge on any atom is 0.248 e. The number of hydrogen-bond acceptors (Lipinski definition) is 7. The number of aromatic nitrogens is 4. The molecule has 1 amide bonds. The monoisotopic (exact) mass is 428 g/mol. The summed E-state index contributed by atoms with van der Waals surface area (Å²) in [6.45, 7) is 6.47. The lowest BCUT2D eigenvalue weighted by molar-refractivity contribution is -0.126. The van der Waals surface area contributed by atoms with E-state index in [2.05, 4.69) is 20.7 Å². The molecule has 1 fully saturated rings. The molecule has 0 spiro atoms. The minimum atomic E-state index is -3.76. The number of carbonyl (C=O) groups is 1. The van der Waals surface area contributed by atoms with Crippen molar-refractivity contribution in [2.75, 3.05) is 13.1 Å². The van der Waals surface area contributed by atoms with Gasteiger partial charge in [-0.15, -0.1) is 0 Å². The van der Waals surface area contributed by atoms with Gasteiger partial charge in [0.2, 0.25) is 15.9 Å². The summed E-state index contributed by atoms with van der Waals surface area (Å²) in [6, 6.07) is 0. The normalized spacial score (nSPS) is 18.3. The number of aromatic amines is 1. The topological polar surface area (TPSA) is 126 Å². The van der Waals surface area contributed by atoms with Crippen molar-refractivity contribution in [3.8, 4) is 0 Å². The summed E-state index contributed by atoms with van der Waals surface area (Å²) in [4.78, 5) is 12.7. The number of carbonyl (C=O) groups excluding carboxylic acids is 1. The second kappa shape index (κ2) is 8.13. The molecule has 0 saturated carbocycles. The highest BCUT2D eigenvalue weighted by Crippen LogP contribution is 2.27. The Morgan fingerprint density at radius 1 is 1.43 bits per heavy atom. The Morgan fingerprint density at radius 2 is 2.18 bits per heavy atom. The Bertz CT molecular complexity index is 1000. The van der Waals surface area contributed by atoms with E-state index in [4.69, 9.17) is 16.7 Å². The van der Waals surface area contributed by atoms with Crippen LogP contribution in [-0.2, 0) is 27.9 Å². The molecule has 2 N–H and O–H groups in total. The minimum Gasteiger partial charge on any atom is -0.360 e. The van der Waals surface area contributed by atoms with E-state index in [1.165, 1.54) is 4.31 Å². The fourth-order valence-electron chi connectivity index (χ4n) is 3.47. The second-order valence-electron chi connectivity index (χ2n) is 6.76. The van der Waals surface area contributed by atoms with Crippen LogP contribution in [0.1, 0.15) is 37.0 Å². The Kier molecular flexibility index (Phi) is 6.01. The van der Waals surface area contributed by atoms with Gasteiger partial charge in [-0.3, -0.25) is 9.89 Å². The molecule has 0 aromatic carbocycles. The van der Waals surface area contributed by atoms with Crippen molar-refractivity contribution in [3.63, 3.8) is 0 Å². The number of piperidine rings is 1. The Morgan fingerprint density at radius 3 is 2.82 bits per heavy atom. The van der Waals surface area contributed by atoms with E-state index in [0.717, 1.165) is 0 Å². The molecule has 0 bridgehead atoms. The molecule has 0 aliphatic carbocycles. The van der Waals surface area contributed by atoms with E-state index in [0.29, 0.717) is 42.2 Å². The van der Waals surface area contributed by atoms with Crippen LogP contribution in [0.2, 0.25) is 0 Å². The first-order valence-electron chi connectivity index (χ1n) is 9.10. The molecule has 2 aromatic rings. The number of amides is 1. The van der Waals surface area contributed by atoms with Crippen LogP contribution in [0.25, 0.3) is 0 Å². The van der Waals surface area contributed by atoms with Crippen LogP contribution < -0.4 is 5.32 Å². The van der Waals surface area contributed by atoms with Gasteiger partial charge in [0, 0.05) is 19.6 Å². The first kappa shape index (κ1) is 20.7. The van der Waals surface area contributed by atoms with Crippen molar-refractivity contribution in [2.45, 2.75) is 51.6 Å². The highest BCUT2D eigenvalue weighted by Gasteiger charge is 2.36. The van der Waals surface area contributed by atoms with Crippen LogP contribution in [-0.4, -0.2) is 51.6 Å². The summed E-state index contributed by atoms with van der Waals surface area (Å²) in [5, 5.41) is 13.4. The molecule has 1 aliphatic heterocycles. The van der Waals surface area contributed by atoms with Gasteiger partial charge < -0.3 is 14.4 Å². The predicted octanol–water partition coefficient (Wildman–Crippen LogP) is 1.28. The Labute approximate surface area is 168 Å². The molecule has 1 unspecified atom stereocenters. The number of hydrogen-bond donors (Lipinski definition) is 2. The van der Waals surface area contributed by atoms with Crippen molar-refractivity contribution in [3.05, 3.63) is 22.0 Å². The summed E-state index contributed by atoms with van der Waals surface area (Å²) in [5.74, 6) is 0.263. The zero-order valence-corrected chi connectivity index (χ0v) is 17.7. The van der Waals surface area contributed by atoms with Crippen molar-refractivity contribution < 1.29 is 17.7 Å². The molecule has 3 rings (SSSR count). The highest BCUT2D eigenvalue weighted by atomic mass is 32.2. The number of rotatable bonds is 6. The zero-order chi connectivity index (χ0) is 20.5. The first-order valence-corrected chi connectivity index (χ1v) is 10.9. The molecule has 28 heavy (non-hydrogen) atoms. The summed E-state index contributed by atoms with van der Waals surface area (Å²) in [7, 11) is -3.76. The third-order valence-electron chi connectivity index (χ3n) is 4.89. The average Bonchev–Trinajstić information content (AvgIpc) is 3.21. The first-order chi connectivity index (χ1) is 13.3. The number of sulfonamides is 1. The zero-order valence-electron chi connectivity index (χ0n) is 16.1. The molecule has 1 saturated heterocycles. The molecule has 1 atom stereocenters. The quantitative estimate of drug-likeness (QED) is 0.664. The van der Waals surface area contributed by atoms with E-state index in [9.17, 15) is 13.2 Å². The number of nitrogens with zero attached hydrogens (tertiary/aromatic N) is 4. The van der Waals surface area contributed by atoms with Crippen LogP contribution in [0, 0.1) is 24.5 Å². The largest absolute Gasteiger partial charge is 0.360 e. The minimum absolute atomic E-state index is 0.0899. The third-order valence-corrected chi connectivity index (χ3v) is 7.32. The molecule has 1 aliphatic rings. The molecule has 10 nitrogen and oxygen atoms in total. The Balaban J connectivity index is 1.69. The van der Waals surface area contributed by atoms with E-state index >= 15 is 0 Å². The Hall–Kier alpha value is -2.05. The summed E-state index contributed by atoms with van der Waals surface area (Å²) >= 11 is 5.14. The predicted molar refractivity (Wildman–Crippen MR) is 102 cm³/mol.